The predicted octanol–water partition coefficient (Wildman–Crippen LogP) is 7.43. The van der Waals surface area contributed by atoms with E-state index in [2.05, 4.69) is 55.4 Å². The van der Waals surface area contributed by atoms with Crippen molar-refractivity contribution in [2.24, 2.45) is 56.2 Å². The smallest absolute Gasteiger partial charge is 0.136 e. The topological polar surface area (TPSA) is 37.3 Å². The molecule has 0 amide bonds. The number of hydrogen-bond acceptors (Lipinski definition) is 2. The lowest BCUT2D eigenvalue weighted by atomic mass is 9.29. The van der Waals surface area contributed by atoms with E-state index in [0.29, 0.717) is 39.8 Å². The minimum atomic E-state index is -0.177. The first-order chi connectivity index (χ1) is 14.6. The first-order valence-electron chi connectivity index (χ1n) is 13.8. The van der Waals surface area contributed by atoms with Gasteiger partial charge in [0.1, 0.15) is 5.78 Å². The molecule has 0 bridgehead atoms. The van der Waals surface area contributed by atoms with Gasteiger partial charge in [0, 0.05) is 12.3 Å². The SMILES string of the molecule is CC1C(=O)CCC2C1(C)CCC1C2(C)CCC2(C)C3CC(C)(C)CCC3(C)C(O)CC12C. The van der Waals surface area contributed by atoms with Crippen molar-refractivity contribution in [3.8, 4) is 0 Å². The van der Waals surface area contributed by atoms with Crippen LogP contribution in [0, 0.1) is 56.2 Å². The second-order valence-electron chi connectivity index (χ2n) is 15.4. The van der Waals surface area contributed by atoms with E-state index < -0.39 is 0 Å². The molecule has 5 saturated carbocycles. The Morgan fingerprint density at radius 2 is 1.34 bits per heavy atom. The number of carbonyl (C=O) groups excluding carboxylic acids is 1. The Bertz CT molecular complexity index is 816. The number of ketones is 1. The van der Waals surface area contributed by atoms with Gasteiger partial charge >= 0.3 is 0 Å². The summed E-state index contributed by atoms with van der Waals surface area (Å²) in [6.45, 7) is 19.9. The van der Waals surface area contributed by atoms with Gasteiger partial charge in [0.15, 0.2) is 0 Å². The molecule has 1 N–H and O–H groups in total. The lowest BCUT2D eigenvalue weighted by molar-refractivity contribution is -0.280. The van der Waals surface area contributed by atoms with Gasteiger partial charge in [-0.05, 0) is 108 Å². The van der Waals surface area contributed by atoms with Gasteiger partial charge in [-0.2, -0.15) is 0 Å². The maximum absolute atomic E-state index is 12.7. The monoisotopic (exact) mass is 442 g/mol. The number of fused-ring (bicyclic) bond motifs is 7. The second-order valence-corrected chi connectivity index (χ2v) is 15.4. The van der Waals surface area contributed by atoms with Gasteiger partial charge in [-0.25, -0.2) is 0 Å². The predicted molar refractivity (Wildman–Crippen MR) is 131 cm³/mol. The highest BCUT2D eigenvalue weighted by molar-refractivity contribution is 5.82. The van der Waals surface area contributed by atoms with Crippen LogP contribution < -0.4 is 0 Å². The molecule has 5 aliphatic carbocycles. The molecule has 0 radical (unpaired) electrons. The van der Waals surface area contributed by atoms with Crippen molar-refractivity contribution in [3.63, 3.8) is 0 Å². The molecule has 5 aliphatic rings. The van der Waals surface area contributed by atoms with Gasteiger partial charge in [-0.3, -0.25) is 4.79 Å². The molecule has 0 aromatic heterocycles. The van der Waals surface area contributed by atoms with Gasteiger partial charge in [0.25, 0.3) is 0 Å². The Kier molecular flexibility index (Phi) is 4.85. The van der Waals surface area contributed by atoms with E-state index in [0.717, 1.165) is 19.3 Å². The van der Waals surface area contributed by atoms with Crippen molar-refractivity contribution in [1.82, 2.24) is 0 Å². The van der Waals surface area contributed by atoms with Crippen LogP contribution >= 0.6 is 0 Å². The van der Waals surface area contributed by atoms with Gasteiger partial charge < -0.3 is 5.11 Å². The van der Waals surface area contributed by atoms with Crippen LogP contribution in [0.15, 0.2) is 0 Å². The summed E-state index contributed by atoms with van der Waals surface area (Å²) >= 11 is 0. The summed E-state index contributed by atoms with van der Waals surface area (Å²) < 4.78 is 0. The van der Waals surface area contributed by atoms with Gasteiger partial charge in [-0.15, -0.1) is 0 Å². The summed E-state index contributed by atoms with van der Waals surface area (Å²) in [5.74, 6) is 2.63. The molecule has 0 spiro atoms. The second kappa shape index (κ2) is 6.64. The van der Waals surface area contributed by atoms with Crippen molar-refractivity contribution >= 4 is 5.78 Å². The zero-order valence-corrected chi connectivity index (χ0v) is 22.3. The third kappa shape index (κ3) is 2.66. The van der Waals surface area contributed by atoms with Crippen LogP contribution in [0.2, 0.25) is 0 Å². The van der Waals surface area contributed by atoms with Crippen molar-refractivity contribution < 1.29 is 9.90 Å². The molecule has 10 unspecified atom stereocenters. The van der Waals surface area contributed by atoms with Crippen molar-refractivity contribution in [2.75, 3.05) is 0 Å². The highest BCUT2D eigenvalue weighted by Crippen LogP contribution is 2.78. The van der Waals surface area contributed by atoms with Crippen molar-refractivity contribution in [2.45, 2.75) is 126 Å². The van der Waals surface area contributed by atoms with Crippen molar-refractivity contribution in [3.05, 3.63) is 0 Å². The first kappa shape index (κ1) is 23.4. The molecule has 0 heterocycles. The molecular formula is C30H50O2. The number of hydrogen-bond donors (Lipinski definition) is 1. The first-order valence-corrected chi connectivity index (χ1v) is 13.8. The highest BCUT2D eigenvalue weighted by atomic mass is 16.3. The fourth-order valence-electron chi connectivity index (χ4n) is 11.2. The van der Waals surface area contributed by atoms with Crippen LogP contribution in [0.1, 0.15) is 120 Å². The molecule has 2 nitrogen and oxygen atoms in total. The number of aliphatic hydroxyl groups excluding tert-OH is 1. The summed E-state index contributed by atoms with van der Waals surface area (Å²) in [5, 5.41) is 11.7. The maximum atomic E-state index is 12.7. The van der Waals surface area contributed by atoms with Crippen LogP contribution in [0.3, 0.4) is 0 Å². The average molecular weight is 443 g/mol. The lowest BCUT2D eigenvalue weighted by Crippen LogP contribution is -2.70. The number of Topliss-reactive ketones (excluding diaryl/α,β-unsaturated/α-hetero) is 1. The van der Waals surface area contributed by atoms with E-state index >= 15 is 0 Å². The molecule has 0 aromatic carbocycles. The van der Waals surface area contributed by atoms with E-state index in [1.165, 1.54) is 44.9 Å². The summed E-state index contributed by atoms with van der Waals surface area (Å²) in [6.07, 6.45) is 11.4. The van der Waals surface area contributed by atoms with E-state index in [9.17, 15) is 9.90 Å². The highest BCUT2D eigenvalue weighted by Gasteiger charge is 2.72. The lowest BCUT2D eigenvalue weighted by Gasteiger charge is -2.75. The molecule has 182 valence electrons. The Morgan fingerprint density at radius 1 is 0.688 bits per heavy atom. The quantitative estimate of drug-likeness (QED) is 0.423. The summed E-state index contributed by atoms with van der Waals surface area (Å²) in [5.41, 5.74) is 1.41. The van der Waals surface area contributed by atoms with Crippen LogP contribution in [-0.4, -0.2) is 17.0 Å². The molecular weight excluding hydrogens is 392 g/mol. The molecule has 5 fully saturated rings. The average Bonchev–Trinajstić information content (AvgIpc) is 2.70. The summed E-state index contributed by atoms with van der Waals surface area (Å²) in [6, 6.07) is 0. The van der Waals surface area contributed by atoms with Crippen LogP contribution in [0.4, 0.5) is 0 Å². The van der Waals surface area contributed by atoms with E-state index in [-0.39, 0.29) is 28.3 Å². The third-order valence-electron chi connectivity index (χ3n) is 13.8. The molecule has 10 atom stereocenters. The van der Waals surface area contributed by atoms with Gasteiger partial charge in [0.2, 0.25) is 0 Å². The number of rotatable bonds is 0. The van der Waals surface area contributed by atoms with E-state index in [1.807, 2.05) is 0 Å². The molecule has 5 rings (SSSR count). The zero-order valence-electron chi connectivity index (χ0n) is 22.3. The third-order valence-corrected chi connectivity index (χ3v) is 13.8. The fourth-order valence-corrected chi connectivity index (χ4v) is 11.2. The standard InChI is InChI=1S/C30H50O2/c1-19-20(31)9-10-21-26(19,4)12-11-22-27(21,5)15-16-29(7)23-17-25(2,3)13-14-28(23,6)24(32)18-30(22,29)8/h19,21-24,32H,9-18H2,1-8H3. The summed E-state index contributed by atoms with van der Waals surface area (Å²) in [7, 11) is 0. The minimum Gasteiger partial charge on any atom is -0.393 e. The maximum Gasteiger partial charge on any atom is 0.136 e. The van der Waals surface area contributed by atoms with Crippen LogP contribution in [0.25, 0.3) is 0 Å². The van der Waals surface area contributed by atoms with Crippen LogP contribution in [0.5, 0.6) is 0 Å². The van der Waals surface area contributed by atoms with Crippen molar-refractivity contribution in [1.29, 1.82) is 0 Å². The molecule has 0 aromatic rings. The van der Waals surface area contributed by atoms with Gasteiger partial charge in [-0.1, -0.05) is 55.4 Å². The Labute approximate surface area is 197 Å². The van der Waals surface area contributed by atoms with Crippen LogP contribution in [-0.2, 0) is 4.79 Å². The Balaban J connectivity index is 1.57. The Hall–Kier alpha value is -0.370. The van der Waals surface area contributed by atoms with E-state index in [1.54, 1.807) is 0 Å². The molecule has 32 heavy (non-hydrogen) atoms. The summed E-state index contributed by atoms with van der Waals surface area (Å²) in [4.78, 5) is 12.7. The molecule has 0 aliphatic heterocycles. The Morgan fingerprint density at radius 3 is 2.03 bits per heavy atom. The number of aliphatic hydroxyl groups is 1. The molecule has 2 heteroatoms. The molecule has 0 saturated heterocycles. The normalized spacial score (nSPS) is 59.4. The van der Waals surface area contributed by atoms with E-state index in [4.69, 9.17) is 0 Å². The zero-order chi connectivity index (χ0) is 23.5. The number of carbonyl (C=O) groups is 1. The minimum absolute atomic E-state index is 0.0759. The largest absolute Gasteiger partial charge is 0.393 e. The fraction of sp³-hybridized carbons (Fsp3) is 0.967. The van der Waals surface area contributed by atoms with Gasteiger partial charge in [0.05, 0.1) is 6.10 Å².